The summed E-state index contributed by atoms with van der Waals surface area (Å²) in [6.45, 7) is 2.67. The van der Waals surface area contributed by atoms with Crippen molar-refractivity contribution in [3.8, 4) is 5.75 Å². The third kappa shape index (κ3) is 1.65. The number of rotatable bonds is 1. The minimum atomic E-state index is -0.590. The molecule has 0 atom stereocenters. The van der Waals surface area contributed by atoms with Crippen LogP contribution in [0.15, 0.2) is 6.07 Å². The van der Waals surface area contributed by atoms with E-state index in [0.717, 1.165) is 6.07 Å². The van der Waals surface area contributed by atoms with Crippen molar-refractivity contribution in [2.24, 2.45) is 0 Å². The van der Waals surface area contributed by atoms with Crippen molar-refractivity contribution in [1.29, 1.82) is 0 Å². The van der Waals surface area contributed by atoms with Crippen molar-refractivity contribution in [3.63, 3.8) is 0 Å². The predicted molar refractivity (Wildman–Crippen MR) is 47.8 cm³/mol. The second-order valence-corrected chi connectivity index (χ2v) is 3.15. The Bertz CT molecular complexity index is 348. The summed E-state index contributed by atoms with van der Waals surface area (Å²) in [4.78, 5) is 11.0. The molecule has 0 saturated carbocycles. The van der Waals surface area contributed by atoms with E-state index in [4.69, 9.17) is 11.6 Å². The van der Waals surface area contributed by atoms with Crippen LogP contribution in [0.1, 0.15) is 22.8 Å². The number of hydrogen-bond donors (Lipinski definition) is 1. The van der Waals surface area contributed by atoms with E-state index in [0.29, 0.717) is 0 Å². The Kier molecular flexibility index (Phi) is 2.57. The van der Waals surface area contributed by atoms with Gasteiger partial charge in [-0.25, -0.2) is 4.39 Å². The molecule has 0 spiro atoms. The minimum absolute atomic E-state index is 0.0509. The van der Waals surface area contributed by atoms with Gasteiger partial charge in [0.25, 0.3) is 0 Å². The Hall–Kier alpha value is -1.09. The highest BCUT2D eigenvalue weighted by atomic mass is 35.5. The molecule has 4 heteroatoms. The zero-order chi connectivity index (χ0) is 10.2. The quantitative estimate of drug-likeness (QED) is 0.711. The number of phenolic OH excluding ortho intramolecular Hbond substituents is 1. The van der Waals surface area contributed by atoms with Gasteiger partial charge in [-0.3, -0.25) is 4.79 Å². The molecule has 2 nitrogen and oxygen atoms in total. The maximum absolute atomic E-state index is 13.0. The first-order valence-corrected chi connectivity index (χ1v) is 4.01. The number of aromatic hydroxyl groups is 1. The molecular weight excluding hydrogens is 195 g/mol. The maximum atomic E-state index is 13.0. The molecule has 0 aliphatic rings. The molecule has 0 aromatic heterocycles. The lowest BCUT2D eigenvalue weighted by atomic mass is 10.0. The first kappa shape index (κ1) is 9.99. The molecular formula is C9H8ClFO2. The zero-order valence-electron chi connectivity index (χ0n) is 7.19. The van der Waals surface area contributed by atoms with Crippen molar-refractivity contribution >= 4 is 17.4 Å². The fourth-order valence-corrected chi connectivity index (χ4v) is 1.33. The van der Waals surface area contributed by atoms with Crippen LogP contribution in [-0.4, -0.2) is 10.9 Å². The molecule has 1 aromatic rings. The van der Waals surface area contributed by atoms with Crippen LogP contribution >= 0.6 is 11.6 Å². The average Bonchev–Trinajstić information content (AvgIpc) is 2.01. The van der Waals surface area contributed by atoms with Gasteiger partial charge in [0, 0.05) is 0 Å². The smallest absolute Gasteiger partial charge is 0.163 e. The highest BCUT2D eigenvalue weighted by Gasteiger charge is 2.16. The highest BCUT2D eigenvalue weighted by molar-refractivity contribution is 6.32. The third-order valence-corrected chi connectivity index (χ3v) is 2.09. The Labute approximate surface area is 80.0 Å². The molecule has 0 fully saturated rings. The van der Waals surface area contributed by atoms with Crippen LogP contribution in [0.3, 0.4) is 0 Å². The molecule has 1 aromatic carbocycles. The Balaban J connectivity index is 3.56. The van der Waals surface area contributed by atoms with Gasteiger partial charge in [0.1, 0.15) is 11.6 Å². The molecule has 0 radical (unpaired) electrons. The summed E-state index contributed by atoms with van der Waals surface area (Å²) in [7, 11) is 0. The second kappa shape index (κ2) is 3.34. The average molecular weight is 203 g/mol. The Morgan fingerprint density at radius 3 is 2.62 bits per heavy atom. The normalized spacial score (nSPS) is 10.2. The molecule has 13 heavy (non-hydrogen) atoms. The number of hydrogen-bond acceptors (Lipinski definition) is 2. The molecule has 0 unspecified atom stereocenters. The fourth-order valence-electron chi connectivity index (χ4n) is 1.14. The largest absolute Gasteiger partial charge is 0.506 e. The van der Waals surface area contributed by atoms with E-state index in [-0.39, 0.29) is 21.9 Å². The zero-order valence-corrected chi connectivity index (χ0v) is 7.94. The summed E-state index contributed by atoms with van der Waals surface area (Å²) in [6.07, 6.45) is 0. The number of benzene rings is 1. The van der Waals surface area contributed by atoms with Gasteiger partial charge in [0.15, 0.2) is 5.78 Å². The summed E-state index contributed by atoms with van der Waals surface area (Å²) in [5.41, 5.74) is 0.0689. The van der Waals surface area contributed by atoms with Gasteiger partial charge >= 0.3 is 0 Å². The molecule has 0 aliphatic carbocycles. The first-order chi connectivity index (χ1) is 5.95. The number of ketones is 1. The van der Waals surface area contributed by atoms with Crippen LogP contribution in [0.2, 0.25) is 5.02 Å². The SMILES string of the molecule is CC(=O)c1c(C)c(F)cc(Cl)c1O. The van der Waals surface area contributed by atoms with E-state index in [1.165, 1.54) is 13.8 Å². The number of Topliss-reactive ketones (excluding diaryl/α,β-unsaturated/α-hetero) is 1. The maximum Gasteiger partial charge on any atom is 0.163 e. The number of carbonyl (C=O) groups excluding carboxylic acids is 1. The molecule has 70 valence electrons. The van der Waals surface area contributed by atoms with E-state index >= 15 is 0 Å². The summed E-state index contributed by atoms with van der Waals surface area (Å²) in [6, 6.07) is 0.985. The van der Waals surface area contributed by atoms with Gasteiger partial charge in [-0.2, -0.15) is 0 Å². The van der Waals surface area contributed by atoms with E-state index in [2.05, 4.69) is 0 Å². The van der Waals surface area contributed by atoms with E-state index < -0.39 is 11.6 Å². The Morgan fingerprint density at radius 2 is 2.15 bits per heavy atom. The van der Waals surface area contributed by atoms with E-state index in [1.807, 2.05) is 0 Å². The van der Waals surface area contributed by atoms with Gasteiger partial charge in [0.2, 0.25) is 0 Å². The summed E-state index contributed by atoms with van der Waals surface area (Å²) in [5.74, 6) is -1.35. The summed E-state index contributed by atoms with van der Waals surface area (Å²) < 4.78 is 13.0. The van der Waals surface area contributed by atoms with Crippen molar-refractivity contribution in [1.82, 2.24) is 0 Å². The lowest BCUT2D eigenvalue weighted by Crippen LogP contribution is -1.99. The van der Waals surface area contributed by atoms with Crippen LogP contribution in [0.25, 0.3) is 0 Å². The summed E-state index contributed by atoms with van der Waals surface area (Å²) >= 11 is 5.49. The highest BCUT2D eigenvalue weighted by Crippen LogP contribution is 2.31. The lowest BCUT2D eigenvalue weighted by molar-refractivity contribution is 0.101. The molecule has 0 aliphatic heterocycles. The first-order valence-electron chi connectivity index (χ1n) is 3.63. The van der Waals surface area contributed by atoms with Gasteiger partial charge < -0.3 is 5.11 Å². The molecule has 0 saturated heterocycles. The molecule has 1 N–H and O–H groups in total. The van der Waals surface area contributed by atoms with Gasteiger partial charge in [-0.05, 0) is 25.5 Å². The standard InChI is InChI=1S/C9H8ClFO2/c1-4-7(11)3-6(10)9(13)8(4)5(2)12/h3,13H,1-2H3. The Morgan fingerprint density at radius 1 is 1.62 bits per heavy atom. The van der Waals surface area contributed by atoms with Crippen LogP contribution in [0.5, 0.6) is 5.75 Å². The van der Waals surface area contributed by atoms with E-state index in [9.17, 15) is 14.3 Å². The lowest BCUT2D eigenvalue weighted by Gasteiger charge is -2.07. The van der Waals surface area contributed by atoms with E-state index in [1.54, 1.807) is 0 Å². The van der Waals surface area contributed by atoms with Crippen molar-refractivity contribution in [3.05, 3.63) is 28.0 Å². The molecule has 0 bridgehead atoms. The van der Waals surface area contributed by atoms with Gasteiger partial charge in [-0.1, -0.05) is 11.6 Å². The second-order valence-electron chi connectivity index (χ2n) is 2.75. The third-order valence-electron chi connectivity index (χ3n) is 1.80. The number of halogens is 2. The number of carbonyl (C=O) groups is 1. The molecule has 1 rings (SSSR count). The van der Waals surface area contributed by atoms with Gasteiger partial charge in [-0.15, -0.1) is 0 Å². The number of phenols is 1. The summed E-state index contributed by atoms with van der Waals surface area (Å²) in [5, 5.41) is 9.21. The fraction of sp³-hybridized carbons (Fsp3) is 0.222. The minimum Gasteiger partial charge on any atom is -0.506 e. The van der Waals surface area contributed by atoms with Crippen molar-refractivity contribution in [2.75, 3.05) is 0 Å². The molecule has 0 amide bonds. The topological polar surface area (TPSA) is 37.3 Å². The van der Waals surface area contributed by atoms with Gasteiger partial charge in [0.05, 0.1) is 10.6 Å². The van der Waals surface area contributed by atoms with Crippen LogP contribution in [0.4, 0.5) is 4.39 Å². The van der Waals surface area contributed by atoms with Crippen LogP contribution in [0, 0.1) is 12.7 Å². The van der Waals surface area contributed by atoms with Crippen LogP contribution in [-0.2, 0) is 0 Å². The predicted octanol–water partition coefficient (Wildman–Crippen LogP) is 2.70. The van der Waals surface area contributed by atoms with Crippen LogP contribution < -0.4 is 0 Å². The van der Waals surface area contributed by atoms with Crippen molar-refractivity contribution in [2.45, 2.75) is 13.8 Å². The molecule has 0 heterocycles. The monoisotopic (exact) mass is 202 g/mol. The van der Waals surface area contributed by atoms with Crippen molar-refractivity contribution < 1.29 is 14.3 Å².